The molecule has 1 aliphatic rings. The second kappa shape index (κ2) is 8.97. The quantitative estimate of drug-likeness (QED) is 0.655. The van der Waals surface area contributed by atoms with E-state index in [-0.39, 0.29) is 11.9 Å². The summed E-state index contributed by atoms with van der Waals surface area (Å²) in [5.74, 6) is 1.65. The number of ether oxygens (including phenoxy) is 1. The van der Waals surface area contributed by atoms with Crippen molar-refractivity contribution in [1.29, 1.82) is 0 Å². The van der Waals surface area contributed by atoms with Crippen LogP contribution in [-0.2, 0) is 22.7 Å². The van der Waals surface area contributed by atoms with Crippen molar-refractivity contribution in [3.63, 3.8) is 0 Å². The summed E-state index contributed by atoms with van der Waals surface area (Å²) in [6.07, 6.45) is 4.48. The molecule has 1 aromatic carbocycles. The molecule has 9 heteroatoms. The van der Waals surface area contributed by atoms with Gasteiger partial charge in [-0.25, -0.2) is 4.68 Å². The van der Waals surface area contributed by atoms with Gasteiger partial charge in [-0.3, -0.25) is 9.69 Å². The van der Waals surface area contributed by atoms with Gasteiger partial charge in [0.1, 0.15) is 24.5 Å². The molecule has 9 nitrogen and oxygen atoms in total. The highest BCUT2D eigenvalue weighted by Crippen LogP contribution is 2.22. The maximum atomic E-state index is 12.9. The van der Waals surface area contributed by atoms with Gasteiger partial charge in [-0.2, -0.15) is 0 Å². The zero-order valence-electron chi connectivity index (χ0n) is 16.3. The number of aromatic nitrogens is 4. The number of hydrogen-bond acceptors (Lipinski definition) is 7. The number of carbonyl (C=O) groups excluding carboxylic acids is 1. The highest BCUT2D eigenvalue weighted by atomic mass is 16.5. The third-order valence-electron chi connectivity index (χ3n) is 5.03. The highest BCUT2D eigenvalue weighted by Gasteiger charge is 2.29. The molecule has 1 N–H and O–H groups in total. The highest BCUT2D eigenvalue weighted by molar-refractivity contribution is 5.94. The molecule has 3 heterocycles. The summed E-state index contributed by atoms with van der Waals surface area (Å²) in [5, 5.41) is 14.1. The van der Waals surface area contributed by atoms with Crippen LogP contribution >= 0.6 is 0 Å². The summed E-state index contributed by atoms with van der Waals surface area (Å²) in [6.45, 7) is 1.93. The standard InChI is InChI=1S/C20H24N6O3/c1-28-13-18-10-9-17(29-18)12-25-11-3-2-4-19(25)20(27)22-15-5-7-16(8-6-15)26-14-21-23-24-26/h5-10,14,19H,2-4,11-13H2,1H3,(H,22,27). The van der Waals surface area contributed by atoms with Crippen molar-refractivity contribution in [2.45, 2.75) is 38.5 Å². The average molecular weight is 396 g/mol. The van der Waals surface area contributed by atoms with Crippen molar-refractivity contribution in [2.24, 2.45) is 0 Å². The Balaban J connectivity index is 1.40. The van der Waals surface area contributed by atoms with Crippen LogP contribution < -0.4 is 5.32 Å². The minimum atomic E-state index is -0.182. The number of hydrogen-bond donors (Lipinski definition) is 1. The van der Waals surface area contributed by atoms with Crippen molar-refractivity contribution < 1.29 is 13.9 Å². The number of nitrogens with zero attached hydrogens (tertiary/aromatic N) is 5. The Morgan fingerprint density at radius 3 is 2.79 bits per heavy atom. The summed E-state index contributed by atoms with van der Waals surface area (Å²) in [5.41, 5.74) is 1.58. The van der Waals surface area contributed by atoms with Crippen LogP contribution in [0.15, 0.2) is 47.1 Å². The topological polar surface area (TPSA) is 98.3 Å². The van der Waals surface area contributed by atoms with Gasteiger partial charge in [-0.1, -0.05) is 6.42 Å². The van der Waals surface area contributed by atoms with E-state index in [0.29, 0.717) is 13.2 Å². The Morgan fingerprint density at radius 2 is 2.03 bits per heavy atom. The van der Waals surface area contributed by atoms with E-state index in [1.807, 2.05) is 36.4 Å². The van der Waals surface area contributed by atoms with E-state index in [1.54, 1.807) is 11.8 Å². The van der Waals surface area contributed by atoms with Crippen LogP contribution in [-0.4, -0.2) is 50.7 Å². The molecule has 0 aliphatic carbocycles. The lowest BCUT2D eigenvalue weighted by Crippen LogP contribution is -2.46. The van der Waals surface area contributed by atoms with Gasteiger partial charge in [0.15, 0.2) is 0 Å². The maximum absolute atomic E-state index is 12.9. The van der Waals surface area contributed by atoms with Crippen molar-refractivity contribution in [2.75, 3.05) is 19.0 Å². The number of furan rings is 1. The number of anilines is 1. The van der Waals surface area contributed by atoms with Gasteiger partial charge in [-0.05, 0) is 66.2 Å². The number of piperidine rings is 1. The van der Waals surface area contributed by atoms with Gasteiger partial charge in [0, 0.05) is 12.8 Å². The zero-order chi connectivity index (χ0) is 20.1. The molecular formula is C20H24N6O3. The van der Waals surface area contributed by atoms with E-state index in [4.69, 9.17) is 9.15 Å². The predicted molar refractivity (Wildman–Crippen MR) is 105 cm³/mol. The molecule has 1 fully saturated rings. The Hall–Kier alpha value is -3.04. The lowest BCUT2D eigenvalue weighted by atomic mass is 10.0. The molecule has 4 rings (SSSR count). The van der Waals surface area contributed by atoms with Crippen LogP contribution in [0.4, 0.5) is 5.69 Å². The molecule has 3 aromatic rings. The monoisotopic (exact) mass is 396 g/mol. The van der Waals surface area contributed by atoms with Gasteiger partial charge in [0.25, 0.3) is 0 Å². The molecule has 1 atom stereocenters. The smallest absolute Gasteiger partial charge is 0.241 e. The summed E-state index contributed by atoms with van der Waals surface area (Å²) >= 11 is 0. The molecule has 1 unspecified atom stereocenters. The van der Waals surface area contributed by atoms with Crippen LogP contribution in [0.2, 0.25) is 0 Å². The first kappa shape index (κ1) is 19.3. The Kier molecular flexibility index (Phi) is 5.97. The number of tetrazole rings is 1. The SMILES string of the molecule is COCc1ccc(CN2CCCCC2C(=O)Nc2ccc(-n3cnnn3)cc2)o1. The van der Waals surface area contributed by atoms with Gasteiger partial charge in [0.05, 0.1) is 18.3 Å². The van der Waals surface area contributed by atoms with E-state index in [0.717, 1.165) is 48.7 Å². The van der Waals surface area contributed by atoms with Crippen LogP contribution in [0.1, 0.15) is 30.8 Å². The lowest BCUT2D eigenvalue weighted by molar-refractivity contribution is -0.122. The molecular weight excluding hydrogens is 372 g/mol. The summed E-state index contributed by atoms with van der Waals surface area (Å²) in [4.78, 5) is 15.1. The molecule has 0 radical (unpaired) electrons. The van der Waals surface area contributed by atoms with Crippen LogP contribution in [0.5, 0.6) is 0 Å². The summed E-state index contributed by atoms with van der Waals surface area (Å²) in [7, 11) is 1.64. The number of likely N-dealkylation sites (tertiary alicyclic amines) is 1. The second-order valence-corrected chi connectivity index (χ2v) is 7.07. The van der Waals surface area contributed by atoms with Gasteiger partial charge in [-0.15, -0.1) is 5.10 Å². The van der Waals surface area contributed by atoms with Crippen LogP contribution in [0.3, 0.4) is 0 Å². The van der Waals surface area contributed by atoms with Gasteiger partial charge >= 0.3 is 0 Å². The molecule has 0 spiro atoms. The van der Waals surface area contributed by atoms with Crippen molar-refractivity contribution >= 4 is 11.6 Å². The molecule has 1 amide bonds. The summed E-state index contributed by atoms with van der Waals surface area (Å²) in [6, 6.07) is 11.1. The van der Waals surface area contributed by atoms with E-state index in [2.05, 4.69) is 25.7 Å². The Bertz CT molecular complexity index is 922. The minimum absolute atomic E-state index is 0.00328. The van der Waals surface area contributed by atoms with Crippen molar-refractivity contribution in [3.8, 4) is 5.69 Å². The first-order chi connectivity index (χ1) is 14.2. The third-order valence-corrected chi connectivity index (χ3v) is 5.03. The first-order valence-corrected chi connectivity index (χ1v) is 9.68. The molecule has 0 saturated carbocycles. The minimum Gasteiger partial charge on any atom is -0.462 e. The largest absolute Gasteiger partial charge is 0.462 e. The number of amides is 1. The number of nitrogens with one attached hydrogen (secondary N) is 1. The molecule has 29 heavy (non-hydrogen) atoms. The van der Waals surface area contributed by atoms with Crippen molar-refractivity contribution in [1.82, 2.24) is 25.1 Å². The molecule has 2 aromatic heterocycles. The number of rotatable bonds is 7. The van der Waals surface area contributed by atoms with Gasteiger partial charge < -0.3 is 14.5 Å². The fourth-order valence-electron chi connectivity index (χ4n) is 3.61. The molecule has 0 bridgehead atoms. The summed E-state index contributed by atoms with van der Waals surface area (Å²) < 4.78 is 12.5. The average Bonchev–Trinajstić information content (AvgIpc) is 3.42. The Morgan fingerprint density at radius 1 is 1.21 bits per heavy atom. The van der Waals surface area contributed by atoms with E-state index < -0.39 is 0 Å². The van der Waals surface area contributed by atoms with Crippen molar-refractivity contribution in [3.05, 3.63) is 54.2 Å². The van der Waals surface area contributed by atoms with E-state index >= 15 is 0 Å². The third kappa shape index (κ3) is 4.69. The zero-order valence-corrected chi connectivity index (χ0v) is 16.3. The van der Waals surface area contributed by atoms with Crippen LogP contribution in [0.25, 0.3) is 5.69 Å². The van der Waals surface area contributed by atoms with E-state index in [9.17, 15) is 4.79 Å². The molecule has 152 valence electrons. The normalized spacial score (nSPS) is 17.3. The second-order valence-electron chi connectivity index (χ2n) is 7.07. The lowest BCUT2D eigenvalue weighted by Gasteiger charge is -2.34. The molecule has 1 aliphatic heterocycles. The van der Waals surface area contributed by atoms with Crippen LogP contribution in [0, 0.1) is 0 Å². The number of benzene rings is 1. The van der Waals surface area contributed by atoms with E-state index in [1.165, 1.54) is 6.33 Å². The number of methoxy groups -OCH3 is 1. The fraction of sp³-hybridized carbons (Fsp3) is 0.400. The maximum Gasteiger partial charge on any atom is 0.241 e. The fourth-order valence-corrected chi connectivity index (χ4v) is 3.61. The van der Waals surface area contributed by atoms with Gasteiger partial charge in [0.2, 0.25) is 5.91 Å². The first-order valence-electron chi connectivity index (χ1n) is 9.68. The Labute approximate surface area is 168 Å². The molecule has 1 saturated heterocycles. The number of carbonyl (C=O) groups is 1. The predicted octanol–water partition coefficient (Wildman–Crippen LogP) is 2.39.